The third kappa shape index (κ3) is 3.38. The zero-order chi connectivity index (χ0) is 13.9. The van der Waals surface area contributed by atoms with Crippen LogP contribution in [0, 0.1) is 5.41 Å². The average molecular weight is 262 g/mol. The molecule has 1 aromatic rings. The van der Waals surface area contributed by atoms with E-state index in [0.717, 1.165) is 0 Å². The van der Waals surface area contributed by atoms with E-state index in [2.05, 4.69) is 10.3 Å². The fraction of sp³-hybridized carbons (Fsp3) is 0.308. The molecule has 0 bridgehead atoms. The summed E-state index contributed by atoms with van der Waals surface area (Å²) >= 11 is 0. The van der Waals surface area contributed by atoms with Crippen molar-refractivity contribution < 1.29 is 19.4 Å². The van der Waals surface area contributed by atoms with E-state index in [0.29, 0.717) is 18.9 Å². The molecule has 2 N–H and O–H groups in total. The zero-order valence-electron chi connectivity index (χ0n) is 10.4. The van der Waals surface area contributed by atoms with Gasteiger partial charge in [-0.1, -0.05) is 13.0 Å². The van der Waals surface area contributed by atoms with Gasteiger partial charge in [0.2, 0.25) is 5.91 Å². The van der Waals surface area contributed by atoms with Crippen LogP contribution in [0.3, 0.4) is 0 Å². The molecule has 0 aromatic carbocycles. The van der Waals surface area contributed by atoms with Crippen molar-refractivity contribution >= 4 is 17.6 Å². The fourth-order valence-corrected chi connectivity index (χ4v) is 1.58. The van der Waals surface area contributed by atoms with Gasteiger partial charge >= 0.3 is 5.97 Å². The van der Waals surface area contributed by atoms with Crippen LogP contribution in [0.5, 0.6) is 0 Å². The monoisotopic (exact) mass is 262 g/mol. The molecule has 1 saturated heterocycles. The van der Waals surface area contributed by atoms with E-state index in [9.17, 15) is 9.59 Å². The number of hydrogen-bond acceptors (Lipinski definition) is 4. The second-order valence-electron chi connectivity index (χ2n) is 4.71. The molecular formula is C13H14N2O4. The summed E-state index contributed by atoms with van der Waals surface area (Å²) in [5.74, 6) is -1.38. The molecule has 0 aliphatic carbocycles. The number of nitrogens with zero attached hydrogens (tertiary/aromatic N) is 1. The fourth-order valence-electron chi connectivity index (χ4n) is 1.58. The molecule has 0 unspecified atom stereocenters. The van der Waals surface area contributed by atoms with Gasteiger partial charge in [0.25, 0.3) is 0 Å². The van der Waals surface area contributed by atoms with Gasteiger partial charge in [-0.2, -0.15) is 0 Å². The predicted molar refractivity (Wildman–Crippen MR) is 67.9 cm³/mol. The number of amides is 1. The van der Waals surface area contributed by atoms with Gasteiger partial charge in [0, 0.05) is 5.41 Å². The third-order valence-corrected chi connectivity index (χ3v) is 2.75. The van der Waals surface area contributed by atoms with Crippen LogP contribution in [0.4, 0.5) is 5.69 Å². The topological polar surface area (TPSA) is 88.5 Å². The molecule has 0 spiro atoms. The van der Waals surface area contributed by atoms with Gasteiger partial charge < -0.3 is 15.2 Å². The van der Waals surface area contributed by atoms with Crippen LogP contribution in [0.25, 0.3) is 0 Å². The Kier molecular flexibility index (Phi) is 3.62. The maximum Gasteiger partial charge on any atom is 0.354 e. The lowest BCUT2D eigenvalue weighted by Gasteiger charge is -2.35. The normalized spacial score (nSPS) is 16.9. The summed E-state index contributed by atoms with van der Waals surface area (Å²) in [6.07, 6.45) is 4.57. The zero-order valence-corrected chi connectivity index (χ0v) is 10.4. The average Bonchev–Trinajstić information content (AvgIpc) is 2.35. The summed E-state index contributed by atoms with van der Waals surface area (Å²) in [4.78, 5) is 26.0. The molecule has 2 heterocycles. The highest BCUT2D eigenvalue weighted by atomic mass is 16.5. The van der Waals surface area contributed by atoms with Gasteiger partial charge in [-0.15, -0.1) is 0 Å². The summed E-state index contributed by atoms with van der Waals surface area (Å²) in [7, 11) is 0. The predicted octanol–water partition coefficient (Wildman–Crippen LogP) is 1.31. The second-order valence-corrected chi connectivity index (χ2v) is 4.71. The van der Waals surface area contributed by atoms with Crippen LogP contribution < -0.4 is 5.32 Å². The van der Waals surface area contributed by atoms with Gasteiger partial charge in [-0.05, 0) is 18.2 Å². The molecule has 100 valence electrons. The molecule has 1 fully saturated rings. The number of aromatic nitrogens is 1. The van der Waals surface area contributed by atoms with Crippen LogP contribution >= 0.6 is 0 Å². The lowest BCUT2D eigenvalue weighted by molar-refractivity contribution is -0.112. The first-order valence-electron chi connectivity index (χ1n) is 5.76. The number of ether oxygens (including phenoxy) is 1. The second kappa shape index (κ2) is 5.19. The van der Waals surface area contributed by atoms with Crippen molar-refractivity contribution in [2.45, 2.75) is 6.92 Å². The van der Waals surface area contributed by atoms with Crippen LogP contribution in [0.15, 0.2) is 30.5 Å². The van der Waals surface area contributed by atoms with Crippen molar-refractivity contribution in [1.29, 1.82) is 0 Å². The number of aromatic carboxylic acids is 1. The van der Waals surface area contributed by atoms with E-state index in [-0.39, 0.29) is 17.0 Å². The molecule has 0 radical (unpaired) electrons. The molecule has 6 heteroatoms. The van der Waals surface area contributed by atoms with Crippen molar-refractivity contribution in [3.05, 3.63) is 36.2 Å². The van der Waals surface area contributed by atoms with Crippen LogP contribution in [0.1, 0.15) is 17.4 Å². The number of hydrogen-bond donors (Lipinski definition) is 2. The van der Waals surface area contributed by atoms with Crippen molar-refractivity contribution in [3.63, 3.8) is 0 Å². The van der Waals surface area contributed by atoms with Gasteiger partial charge in [-0.25, -0.2) is 9.78 Å². The minimum Gasteiger partial charge on any atom is -0.477 e. The Balaban J connectivity index is 1.93. The Bertz CT molecular complexity index is 518. The summed E-state index contributed by atoms with van der Waals surface area (Å²) in [6, 6.07) is 2.83. The Morgan fingerprint density at radius 3 is 2.68 bits per heavy atom. The highest BCUT2D eigenvalue weighted by molar-refractivity contribution is 5.99. The molecule has 2 rings (SSSR count). The summed E-state index contributed by atoms with van der Waals surface area (Å²) in [5, 5.41) is 11.3. The van der Waals surface area contributed by atoms with Crippen molar-refractivity contribution in [1.82, 2.24) is 4.98 Å². The smallest absolute Gasteiger partial charge is 0.354 e. The molecule has 1 aromatic heterocycles. The molecule has 1 aliphatic rings. The largest absolute Gasteiger partial charge is 0.477 e. The minimum absolute atomic E-state index is 0.0623. The molecule has 6 nitrogen and oxygen atoms in total. The number of nitrogens with one attached hydrogen (secondary N) is 1. The van der Waals surface area contributed by atoms with E-state index in [1.54, 1.807) is 0 Å². The highest BCUT2D eigenvalue weighted by Gasteiger charge is 2.30. The van der Waals surface area contributed by atoms with E-state index in [1.807, 2.05) is 13.0 Å². The van der Waals surface area contributed by atoms with Gasteiger partial charge in [0.15, 0.2) is 0 Å². The van der Waals surface area contributed by atoms with Crippen LogP contribution in [-0.2, 0) is 9.53 Å². The van der Waals surface area contributed by atoms with E-state index in [1.165, 1.54) is 24.4 Å². The number of pyridine rings is 1. The number of anilines is 1. The first-order valence-corrected chi connectivity index (χ1v) is 5.76. The van der Waals surface area contributed by atoms with E-state index in [4.69, 9.17) is 9.84 Å². The number of rotatable bonds is 4. The Labute approximate surface area is 110 Å². The van der Waals surface area contributed by atoms with Crippen LogP contribution in [-0.4, -0.2) is 35.2 Å². The third-order valence-electron chi connectivity index (χ3n) is 2.75. The summed E-state index contributed by atoms with van der Waals surface area (Å²) < 4.78 is 5.08. The highest BCUT2D eigenvalue weighted by Crippen LogP contribution is 2.27. The number of carboxylic acids is 1. The summed E-state index contributed by atoms with van der Waals surface area (Å²) in [6.45, 7) is 3.24. The molecule has 0 atom stereocenters. The van der Waals surface area contributed by atoms with E-state index < -0.39 is 5.97 Å². The van der Waals surface area contributed by atoms with Crippen molar-refractivity contribution in [2.75, 3.05) is 18.5 Å². The van der Waals surface area contributed by atoms with Crippen LogP contribution in [0.2, 0.25) is 0 Å². The quantitative estimate of drug-likeness (QED) is 0.799. The molecule has 19 heavy (non-hydrogen) atoms. The number of carboxylic acid groups (broad SMARTS) is 1. The SMILES string of the molecule is CC1(/C=C/C(=O)Nc2ccc(C(=O)O)nc2)COC1. The maximum atomic E-state index is 11.6. The Morgan fingerprint density at radius 1 is 1.47 bits per heavy atom. The Morgan fingerprint density at radius 2 is 2.21 bits per heavy atom. The summed E-state index contributed by atoms with van der Waals surface area (Å²) in [5.41, 5.74) is 0.324. The molecule has 0 saturated carbocycles. The van der Waals surface area contributed by atoms with Gasteiger partial charge in [0.05, 0.1) is 25.1 Å². The lowest BCUT2D eigenvalue weighted by Crippen LogP contribution is -2.37. The standard InChI is InChI=1S/C13H14N2O4/c1-13(7-19-8-13)5-4-11(16)15-9-2-3-10(12(17)18)14-6-9/h2-6H,7-8H2,1H3,(H,15,16)(H,17,18)/b5-4+. The van der Waals surface area contributed by atoms with E-state index >= 15 is 0 Å². The van der Waals surface area contributed by atoms with Gasteiger partial charge in [0.1, 0.15) is 5.69 Å². The first-order chi connectivity index (χ1) is 8.98. The van der Waals surface area contributed by atoms with Crippen molar-refractivity contribution in [2.24, 2.45) is 5.41 Å². The number of carbonyl (C=O) groups excluding carboxylic acids is 1. The maximum absolute atomic E-state index is 11.6. The molecular weight excluding hydrogens is 248 g/mol. The molecule has 1 aliphatic heterocycles. The first kappa shape index (κ1) is 13.2. The number of carbonyl (C=O) groups is 2. The lowest BCUT2D eigenvalue weighted by atomic mass is 9.88. The minimum atomic E-state index is -1.10. The molecule has 1 amide bonds. The van der Waals surface area contributed by atoms with Gasteiger partial charge in [-0.3, -0.25) is 4.79 Å². The van der Waals surface area contributed by atoms with Crippen molar-refractivity contribution in [3.8, 4) is 0 Å². The Hall–Kier alpha value is -2.21.